The van der Waals surface area contributed by atoms with E-state index in [4.69, 9.17) is 5.73 Å². The SMILES string of the molecule is CC(C)(C)SCC(N)Cc1ccc(F)cc1Br. The fourth-order valence-corrected chi connectivity index (χ4v) is 2.73. The highest BCUT2D eigenvalue weighted by atomic mass is 79.9. The van der Waals surface area contributed by atoms with E-state index in [9.17, 15) is 4.39 Å². The molecule has 17 heavy (non-hydrogen) atoms. The lowest BCUT2D eigenvalue weighted by Gasteiger charge is -2.20. The van der Waals surface area contributed by atoms with E-state index in [1.807, 2.05) is 11.8 Å². The van der Waals surface area contributed by atoms with Gasteiger partial charge in [-0.3, -0.25) is 0 Å². The van der Waals surface area contributed by atoms with Crippen molar-refractivity contribution in [2.75, 3.05) is 5.75 Å². The number of hydrogen-bond acceptors (Lipinski definition) is 2. The maximum atomic E-state index is 12.9. The van der Waals surface area contributed by atoms with Gasteiger partial charge in [0.2, 0.25) is 0 Å². The molecule has 0 amide bonds. The Labute approximate surface area is 115 Å². The number of rotatable bonds is 4. The van der Waals surface area contributed by atoms with Crippen molar-refractivity contribution in [3.8, 4) is 0 Å². The molecule has 1 aromatic rings. The molecule has 0 aliphatic rings. The van der Waals surface area contributed by atoms with Gasteiger partial charge in [0.25, 0.3) is 0 Å². The van der Waals surface area contributed by atoms with Crippen LogP contribution in [0.2, 0.25) is 0 Å². The van der Waals surface area contributed by atoms with Gasteiger partial charge in [-0.15, -0.1) is 0 Å². The molecule has 0 aliphatic heterocycles. The molecule has 1 aromatic carbocycles. The Morgan fingerprint density at radius 2 is 2.06 bits per heavy atom. The fraction of sp³-hybridized carbons (Fsp3) is 0.538. The van der Waals surface area contributed by atoms with Crippen molar-refractivity contribution in [2.24, 2.45) is 5.73 Å². The molecule has 0 aromatic heterocycles. The molecule has 2 N–H and O–H groups in total. The van der Waals surface area contributed by atoms with E-state index in [0.717, 1.165) is 22.2 Å². The molecule has 1 atom stereocenters. The molecular formula is C13H19BrFNS. The molecule has 0 aliphatic carbocycles. The van der Waals surface area contributed by atoms with Crippen LogP contribution in [0.3, 0.4) is 0 Å². The van der Waals surface area contributed by atoms with E-state index in [-0.39, 0.29) is 16.6 Å². The lowest BCUT2D eigenvalue weighted by molar-refractivity contribution is 0.624. The standard InChI is InChI=1S/C13H19BrFNS/c1-13(2,3)17-8-11(16)6-9-4-5-10(15)7-12(9)14/h4-5,7,11H,6,8,16H2,1-3H3. The smallest absolute Gasteiger partial charge is 0.124 e. The topological polar surface area (TPSA) is 26.0 Å². The second-order valence-electron chi connectivity index (χ2n) is 5.12. The molecule has 0 spiro atoms. The first-order valence-electron chi connectivity index (χ1n) is 5.61. The molecule has 1 unspecified atom stereocenters. The van der Waals surface area contributed by atoms with Crippen LogP contribution < -0.4 is 5.73 Å². The molecule has 96 valence electrons. The van der Waals surface area contributed by atoms with Gasteiger partial charge >= 0.3 is 0 Å². The Morgan fingerprint density at radius 3 is 2.59 bits per heavy atom. The van der Waals surface area contributed by atoms with Crippen molar-refractivity contribution in [3.63, 3.8) is 0 Å². The van der Waals surface area contributed by atoms with Gasteiger partial charge in [0.05, 0.1) is 0 Å². The average molecular weight is 320 g/mol. The van der Waals surface area contributed by atoms with E-state index in [1.165, 1.54) is 12.1 Å². The van der Waals surface area contributed by atoms with Crippen LogP contribution in [0.25, 0.3) is 0 Å². The van der Waals surface area contributed by atoms with Crippen LogP contribution in [0, 0.1) is 5.82 Å². The van der Waals surface area contributed by atoms with Crippen molar-refractivity contribution in [1.29, 1.82) is 0 Å². The van der Waals surface area contributed by atoms with Crippen LogP contribution >= 0.6 is 27.7 Å². The highest BCUT2D eigenvalue weighted by Gasteiger charge is 2.14. The summed E-state index contributed by atoms with van der Waals surface area (Å²) in [5, 5.41) is 0. The fourth-order valence-electron chi connectivity index (χ4n) is 1.39. The van der Waals surface area contributed by atoms with Gasteiger partial charge in [-0.2, -0.15) is 11.8 Å². The third-order valence-corrected chi connectivity index (χ3v) is 4.43. The van der Waals surface area contributed by atoms with Crippen molar-refractivity contribution in [2.45, 2.75) is 38.0 Å². The first-order valence-corrected chi connectivity index (χ1v) is 7.39. The molecule has 0 saturated heterocycles. The molecule has 1 rings (SSSR count). The van der Waals surface area contributed by atoms with Gasteiger partial charge in [-0.1, -0.05) is 42.8 Å². The van der Waals surface area contributed by atoms with Crippen LogP contribution in [-0.2, 0) is 6.42 Å². The van der Waals surface area contributed by atoms with E-state index in [0.29, 0.717) is 0 Å². The van der Waals surface area contributed by atoms with Crippen molar-refractivity contribution in [3.05, 3.63) is 34.1 Å². The van der Waals surface area contributed by atoms with Gasteiger partial charge < -0.3 is 5.73 Å². The summed E-state index contributed by atoms with van der Waals surface area (Å²) in [4.78, 5) is 0. The van der Waals surface area contributed by atoms with Crippen molar-refractivity contribution in [1.82, 2.24) is 0 Å². The Hall–Kier alpha value is -0.0600. The van der Waals surface area contributed by atoms with Crippen LogP contribution in [0.5, 0.6) is 0 Å². The van der Waals surface area contributed by atoms with Crippen molar-refractivity contribution >= 4 is 27.7 Å². The summed E-state index contributed by atoms with van der Waals surface area (Å²) in [6.07, 6.45) is 0.768. The number of thioether (sulfide) groups is 1. The molecular weight excluding hydrogens is 301 g/mol. The van der Waals surface area contributed by atoms with E-state index in [2.05, 4.69) is 36.7 Å². The van der Waals surface area contributed by atoms with Crippen LogP contribution in [0.1, 0.15) is 26.3 Å². The normalized spacial score (nSPS) is 13.8. The lowest BCUT2D eigenvalue weighted by atomic mass is 10.1. The molecule has 0 heterocycles. The summed E-state index contributed by atoms with van der Waals surface area (Å²) in [5.74, 6) is 0.686. The second kappa shape index (κ2) is 6.21. The molecule has 0 bridgehead atoms. The van der Waals surface area contributed by atoms with Gasteiger partial charge in [0.15, 0.2) is 0 Å². The number of halogens is 2. The van der Waals surface area contributed by atoms with Crippen LogP contribution in [0.4, 0.5) is 4.39 Å². The Kier molecular flexibility index (Phi) is 5.48. The summed E-state index contributed by atoms with van der Waals surface area (Å²) in [5.41, 5.74) is 7.15. The highest BCUT2D eigenvalue weighted by molar-refractivity contribution is 9.10. The van der Waals surface area contributed by atoms with Crippen molar-refractivity contribution < 1.29 is 4.39 Å². The third-order valence-electron chi connectivity index (χ3n) is 2.23. The monoisotopic (exact) mass is 319 g/mol. The number of benzene rings is 1. The molecule has 1 nitrogen and oxygen atoms in total. The van der Waals surface area contributed by atoms with Gasteiger partial charge in [0, 0.05) is 21.0 Å². The summed E-state index contributed by atoms with van der Waals surface area (Å²) >= 11 is 5.22. The van der Waals surface area contributed by atoms with Gasteiger partial charge in [-0.05, 0) is 24.1 Å². The summed E-state index contributed by atoms with van der Waals surface area (Å²) < 4.78 is 14.0. The van der Waals surface area contributed by atoms with Gasteiger partial charge in [0.1, 0.15) is 5.82 Å². The maximum absolute atomic E-state index is 12.9. The quantitative estimate of drug-likeness (QED) is 0.908. The maximum Gasteiger partial charge on any atom is 0.124 e. The van der Waals surface area contributed by atoms with E-state index in [1.54, 1.807) is 6.07 Å². The zero-order valence-electron chi connectivity index (χ0n) is 10.5. The second-order valence-corrected chi connectivity index (χ2v) is 7.82. The summed E-state index contributed by atoms with van der Waals surface area (Å²) in [7, 11) is 0. The summed E-state index contributed by atoms with van der Waals surface area (Å²) in [6.45, 7) is 6.54. The minimum Gasteiger partial charge on any atom is -0.327 e. The third kappa shape index (κ3) is 5.89. The minimum atomic E-state index is -0.224. The largest absolute Gasteiger partial charge is 0.327 e. The van der Waals surface area contributed by atoms with E-state index < -0.39 is 0 Å². The zero-order valence-corrected chi connectivity index (χ0v) is 12.9. The molecule has 0 radical (unpaired) electrons. The number of hydrogen-bond donors (Lipinski definition) is 1. The highest BCUT2D eigenvalue weighted by Crippen LogP contribution is 2.25. The van der Waals surface area contributed by atoms with Gasteiger partial charge in [-0.25, -0.2) is 4.39 Å². The minimum absolute atomic E-state index is 0.0981. The van der Waals surface area contributed by atoms with E-state index >= 15 is 0 Å². The summed E-state index contributed by atoms with van der Waals surface area (Å²) in [6, 6.07) is 4.85. The van der Waals surface area contributed by atoms with Crippen LogP contribution in [-0.4, -0.2) is 16.5 Å². The molecule has 0 fully saturated rings. The Bertz CT molecular complexity index is 376. The first-order chi connectivity index (χ1) is 7.78. The predicted molar refractivity (Wildman–Crippen MR) is 78.0 cm³/mol. The zero-order chi connectivity index (χ0) is 13.1. The Morgan fingerprint density at radius 1 is 1.41 bits per heavy atom. The van der Waals surface area contributed by atoms with Crippen LogP contribution in [0.15, 0.2) is 22.7 Å². The predicted octanol–water partition coefficient (Wildman–Crippen LogP) is 3.99. The molecule has 0 saturated carbocycles. The first kappa shape index (κ1) is 15.0. The number of nitrogens with two attached hydrogens (primary N) is 1. The molecule has 4 heteroatoms. The Balaban J connectivity index is 2.53. The lowest BCUT2D eigenvalue weighted by Crippen LogP contribution is -2.28. The average Bonchev–Trinajstić information content (AvgIpc) is 2.18.